The van der Waals surface area contributed by atoms with Gasteiger partial charge in [-0.1, -0.05) is 32.9 Å². The molecule has 2 saturated heterocycles. The van der Waals surface area contributed by atoms with Crippen LogP contribution >= 0.6 is 0 Å². The van der Waals surface area contributed by atoms with Crippen LogP contribution in [0.4, 0.5) is 0 Å². The predicted molar refractivity (Wildman–Crippen MR) is 205 cm³/mol. The Morgan fingerprint density at radius 2 is 1.74 bits per heavy atom. The monoisotopic (exact) mass is 816 g/mol. The molecule has 0 radical (unpaired) electrons. The third-order valence-corrected chi connectivity index (χ3v) is 10.8. The van der Waals surface area contributed by atoms with Crippen LogP contribution in [0.3, 0.4) is 0 Å². The lowest BCUT2D eigenvalue weighted by Crippen LogP contribution is -2.66. The van der Waals surface area contributed by atoms with E-state index in [4.69, 9.17) is 37.9 Å². The minimum absolute atomic E-state index is 0.0417. The Hall–Kier alpha value is -2.74. The zero-order chi connectivity index (χ0) is 42.8. The number of hydrogen-bond acceptors (Lipinski definition) is 17. The molecule has 0 aliphatic carbocycles. The maximum absolute atomic E-state index is 13.2. The Bertz CT molecular complexity index is 1340. The molecule has 3 rings (SSSR count). The van der Waals surface area contributed by atoms with E-state index in [1.165, 1.54) is 20.2 Å². The maximum Gasteiger partial charge on any atom is 0.309 e. The van der Waals surface area contributed by atoms with E-state index in [1.54, 1.807) is 58.8 Å². The molecular formula is C40H68N2O15. The Labute approximate surface area is 336 Å². The summed E-state index contributed by atoms with van der Waals surface area (Å²) in [6.07, 6.45) is -6.68. The lowest BCUT2D eigenvalue weighted by molar-refractivity contribution is -0.344. The molecule has 0 spiro atoms. The average Bonchev–Trinajstić information content (AvgIpc) is 3.08. The Morgan fingerprint density at radius 1 is 1.05 bits per heavy atom. The Kier molecular flexibility index (Phi) is 18.8. The third kappa shape index (κ3) is 13.9. The zero-order valence-corrected chi connectivity index (χ0v) is 35.4. The molecule has 328 valence electrons. The molecule has 0 aromatic carbocycles. The highest BCUT2D eigenvalue weighted by Crippen LogP contribution is 2.38. The van der Waals surface area contributed by atoms with Gasteiger partial charge < -0.3 is 63.3 Å². The van der Waals surface area contributed by atoms with Crippen molar-refractivity contribution in [1.29, 1.82) is 0 Å². The minimum Gasteiger partial charge on any atom is -0.462 e. The first-order valence-electron chi connectivity index (χ1n) is 20.0. The number of hydrogen-bond donors (Lipinski definition) is 4. The summed E-state index contributed by atoms with van der Waals surface area (Å²) in [6.45, 7) is 13.5. The van der Waals surface area contributed by atoms with Crippen molar-refractivity contribution in [2.24, 2.45) is 22.9 Å². The van der Waals surface area contributed by atoms with Crippen LogP contribution in [0.5, 0.6) is 0 Å². The number of rotatable bonds is 12. The number of cyclic esters (lactones) is 1. The second-order valence-corrected chi connectivity index (χ2v) is 16.7. The second-order valence-electron chi connectivity index (χ2n) is 16.7. The normalized spacial score (nSPS) is 40.7. The van der Waals surface area contributed by atoms with Gasteiger partial charge >= 0.3 is 17.9 Å². The zero-order valence-electron chi connectivity index (χ0n) is 35.4. The molecule has 4 N–H and O–H groups in total. The summed E-state index contributed by atoms with van der Waals surface area (Å²) in [5, 5.41) is 47.3. The van der Waals surface area contributed by atoms with E-state index in [1.807, 2.05) is 20.8 Å². The van der Waals surface area contributed by atoms with Crippen molar-refractivity contribution in [3.05, 3.63) is 12.2 Å². The number of nitrogens with zero attached hydrogens (tertiary/aromatic N) is 2. The van der Waals surface area contributed by atoms with Gasteiger partial charge in [-0.15, -0.1) is 5.16 Å². The highest BCUT2D eigenvalue weighted by Gasteiger charge is 2.53. The third-order valence-electron chi connectivity index (χ3n) is 10.8. The highest BCUT2D eigenvalue weighted by molar-refractivity contribution is 5.72. The van der Waals surface area contributed by atoms with Gasteiger partial charge in [-0.25, -0.2) is 0 Å². The largest absolute Gasteiger partial charge is 0.462 e. The van der Waals surface area contributed by atoms with E-state index >= 15 is 0 Å². The molecule has 2 fully saturated rings. The van der Waals surface area contributed by atoms with Crippen LogP contribution < -0.4 is 0 Å². The molecule has 3 heterocycles. The fraction of sp³-hybridized carbons (Fsp3) is 0.850. The quantitative estimate of drug-likeness (QED) is 0.0555. The Balaban J connectivity index is 1.98. The molecule has 3 aliphatic heterocycles. The van der Waals surface area contributed by atoms with E-state index in [0.29, 0.717) is 6.42 Å². The van der Waals surface area contributed by atoms with Crippen molar-refractivity contribution in [3.63, 3.8) is 0 Å². The van der Waals surface area contributed by atoms with Crippen LogP contribution in [0.1, 0.15) is 93.9 Å². The molecule has 17 nitrogen and oxygen atoms in total. The summed E-state index contributed by atoms with van der Waals surface area (Å²) in [5.41, 5.74) is -1.50. The minimum atomic E-state index is -1.50. The summed E-state index contributed by atoms with van der Waals surface area (Å²) in [6, 6.07) is -0.771. The average molecular weight is 817 g/mol. The fourth-order valence-corrected chi connectivity index (χ4v) is 8.02. The van der Waals surface area contributed by atoms with Crippen molar-refractivity contribution in [1.82, 2.24) is 4.90 Å². The number of ether oxygens (including phenoxy) is 8. The van der Waals surface area contributed by atoms with Gasteiger partial charge in [0, 0.05) is 39.5 Å². The number of likely N-dealkylation sites (N-methyl/N-ethyl adjacent to an activating group) is 1. The van der Waals surface area contributed by atoms with Gasteiger partial charge in [0.15, 0.2) is 18.7 Å². The van der Waals surface area contributed by atoms with Gasteiger partial charge in [-0.05, 0) is 72.4 Å². The first-order valence-corrected chi connectivity index (χ1v) is 20.0. The van der Waals surface area contributed by atoms with Crippen LogP contribution in [-0.2, 0) is 52.3 Å². The van der Waals surface area contributed by atoms with Crippen molar-refractivity contribution in [2.45, 2.75) is 179 Å². The topological polar surface area (TPSA) is 222 Å². The van der Waals surface area contributed by atoms with Crippen molar-refractivity contribution in [3.8, 4) is 0 Å². The van der Waals surface area contributed by atoms with Crippen molar-refractivity contribution < 1.29 is 72.8 Å². The molecule has 3 aliphatic rings. The number of aliphatic hydroxyl groups excluding tert-OH is 2. The first-order chi connectivity index (χ1) is 26.7. The van der Waals surface area contributed by atoms with Gasteiger partial charge in [0.2, 0.25) is 0 Å². The SMILES string of the molecule is CO[C@@H]1C(O[C@@H]2O[C@H](C)[C@@H](O[C@H]3C[C@@](C)(O)[C@@H](OC(=O)CC(C)C)[C@H](C)O3)[C@H](N(C)C)[C@H]2O)[C@@H](C/C=N/O)C[C@@H](C)[C@@H](O)/C=C/C[C@@H](C)OC(=O)C[C@H]1OC(C)=O. The van der Waals surface area contributed by atoms with E-state index in [0.717, 1.165) is 0 Å². The Morgan fingerprint density at radius 3 is 2.32 bits per heavy atom. The number of methoxy groups -OCH3 is 1. The smallest absolute Gasteiger partial charge is 0.309 e. The van der Waals surface area contributed by atoms with Crippen molar-refractivity contribution >= 4 is 24.1 Å². The van der Waals surface area contributed by atoms with Gasteiger partial charge in [-0.3, -0.25) is 14.4 Å². The molecule has 16 atom stereocenters. The summed E-state index contributed by atoms with van der Waals surface area (Å²) in [5.74, 6) is -2.68. The lowest BCUT2D eigenvalue weighted by atomic mass is 9.82. The maximum atomic E-state index is 13.2. The molecular weight excluding hydrogens is 748 g/mol. The molecule has 1 unspecified atom stereocenters. The van der Waals surface area contributed by atoms with Gasteiger partial charge in [-0.2, -0.15) is 0 Å². The predicted octanol–water partition coefficient (Wildman–Crippen LogP) is 2.72. The molecule has 0 amide bonds. The first kappa shape index (κ1) is 48.6. The molecule has 0 bridgehead atoms. The summed E-state index contributed by atoms with van der Waals surface area (Å²) >= 11 is 0. The number of carbonyl (C=O) groups excluding carboxylic acids is 3. The number of aliphatic hydroxyl groups is 3. The van der Waals surface area contributed by atoms with E-state index in [2.05, 4.69) is 5.16 Å². The summed E-state index contributed by atoms with van der Waals surface area (Å²) in [4.78, 5) is 39.9. The fourth-order valence-electron chi connectivity index (χ4n) is 8.02. The summed E-state index contributed by atoms with van der Waals surface area (Å²) in [7, 11) is 4.88. The van der Waals surface area contributed by atoms with Crippen LogP contribution in [0.15, 0.2) is 17.3 Å². The number of oxime groups is 1. The van der Waals surface area contributed by atoms with Crippen LogP contribution in [0.2, 0.25) is 0 Å². The molecule has 0 saturated carbocycles. The van der Waals surface area contributed by atoms with Crippen molar-refractivity contribution in [2.75, 3.05) is 21.2 Å². The summed E-state index contributed by atoms with van der Waals surface area (Å²) < 4.78 is 48.6. The van der Waals surface area contributed by atoms with Gasteiger partial charge in [0.1, 0.15) is 36.1 Å². The molecule has 17 heteroatoms. The van der Waals surface area contributed by atoms with Crippen LogP contribution in [0, 0.1) is 17.8 Å². The standard InChI is InChI=1S/C40H68N2O15/c1-21(2)17-30(45)55-38-25(6)52-32(20-40(38,8)48)56-35-24(5)53-39(34(47)33(35)42(9)10)57-36-27(15-16-41-49)18-22(3)28(44)14-12-13-23(4)51-31(46)19-29(37(36)50-11)54-26(7)43/h12,14,16,21-25,27-29,32-39,44,47-49H,13,15,17-20H2,1-11H3/b14-12+,41-16+/t22-,23-,24-,25+,27+,28+,29-,32+,33-,34-,35-,36?,37+,38+,39+,40-/m1/s1. The second kappa shape index (κ2) is 22.0. The highest BCUT2D eigenvalue weighted by atomic mass is 16.7. The molecule has 57 heavy (non-hydrogen) atoms. The molecule has 0 aromatic rings. The number of carbonyl (C=O) groups is 3. The van der Waals surface area contributed by atoms with Crippen LogP contribution in [-0.4, -0.2) is 156 Å². The lowest BCUT2D eigenvalue weighted by Gasteiger charge is -2.50. The van der Waals surface area contributed by atoms with Gasteiger partial charge in [0.25, 0.3) is 0 Å². The van der Waals surface area contributed by atoms with E-state index < -0.39 is 109 Å². The van der Waals surface area contributed by atoms with Crippen LogP contribution in [0.25, 0.3) is 0 Å². The van der Waals surface area contributed by atoms with E-state index in [-0.39, 0.29) is 43.9 Å². The van der Waals surface area contributed by atoms with E-state index in [9.17, 15) is 34.9 Å². The number of esters is 3. The molecule has 0 aromatic heterocycles. The van der Waals surface area contributed by atoms with Gasteiger partial charge in [0.05, 0.1) is 36.9 Å².